The van der Waals surface area contributed by atoms with Crippen LogP contribution in [0.2, 0.25) is 5.31 Å². The molecule has 12 nitrogen and oxygen atoms in total. The molecule has 0 aliphatic carbocycles. The lowest BCUT2D eigenvalue weighted by molar-refractivity contribution is -0.170. The Labute approximate surface area is 298 Å². The molecule has 2 radical (unpaired) electrons. The smallest absolute Gasteiger partial charge is 0.411 e. The Morgan fingerprint density at radius 1 is 1.16 bits per heavy atom. The average molecular weight is 691 g/mol. The van der Waals surface area contributed by atoms with E-state index in [2.05, 4.69) is 22.6 Å². The molecule has 50 heavy (non-hydrogen) atoms. The second-order valence-corrected chi connectivity index (χ2v) is 14.4. The Hall–Kier alpha value is -3.71. The summed E-state index contributed by atoms with van der Waals surface area (Å²) >= 11 is 0. The van der Waals surface area contributed by atoms with Crippen molar-refractivity contribution in [3.8, 4) is 11.3 Å². The molecule has 272 valence electrons. The van der Waals surface area contributed by atoms with Crippen LogP contribution in [0.25, 0.3) is 11.3 Å². The SMILES string of the molecule is [B][C@@]1(C(C)OC)CC[C@H](C)CCN[C@@H](C)[C@H]2N(C/C=C/Cn3cc(-c4cccc(N)c4)nn3)C(=O)O[C@]2(C)[C@@H](CC)OC(=O)[C@H](C)C(=O)[C@@H]1C. The maximum Gasteiger partial charge on any atom is 0.411 e. The number of rotatable bonds is 8. The Kier molecular flexibility index (Phi) is 12.9. The first-order chi connectivity index (χ1) is 23.7. The molecule has 1 amide bonds. The molecule has 4 rings (SSSR count). The molecule has 0 bridgehead atoms. The van der Waals surface area contributed by atoms with E-state index >= 15 is 0 Å². The number of allylic oxidation sites excluding steroid dienone is 1. The third-order valence-corrected chi connectivity index (χ3v) is 11.0. The van der Waals surface area contributed by atoms with Crippen molar-refractivity contribution in [2.75, 3.05) is 25.9 Å². The third kappa shape index (κ3) is 8.42. The molecule has 9 atom stereocenters. The van der Waals surface area contributed by atoms with Crippen LogP contribution >= 0.6 is 0 Å². The number of ketones is 1. The van der Waals surface area contributed by atoms with Crippen LogP contribution < -0.4 is 11.1 Å². The van der Waals surface area contributed by atoms with E-state index in [-0.39, 0.29) is 18.4 Å². The van der Waals surface area contributed by atoms with Crippen molar-refractivity contribution in [1.82, 2.24) is 25.2 Å². The van der Waals surface area contributed by atoms with Crippen LogP contribution in [0.4, 0.5) is 10.5 Å². The zero-order valence-corrected chi connectivity index (χ0v) is 30.9. The van der Waals surface area contributed by atoms with Gasteiger partial charge in [0.1, 0.15) is 23.5 Å². The third-order valence-electron chi connectivity index (χ3n) is 11.0. The number of benzene rings is 1. The van der Waals surface area contributed by atoms with Crippen LogP contribution in [0.15, 0.2) is 42.6 Å². The molecule has 0 spiro atoms. The standard InChI is InChI=1S/C37H55BN6O6/c1-9-31-36(7)33(44(35(47)50-36)20-11-10-19-43-22-30(41-42-43)28-13-12-14-29(39)21-28)26(5)40-18-16-23(2)15-17-37(38,27(6)48-8)25(4)32(45)24(3)34(46)49-31/h10-14,21-27,31,33,40H,9,15-20,39H2,1-8H3/b11-10+/t23-,24+,25-,26-,27?,31+,33+,36+,37-/m0/s1. The predicted molar refractivity (Wildman–Crippen MR) is 193 cm³/mol. The van der Waals surface area contributed by atoms with Crippen molar-refractivity contribution < 1.29 is 28.6 Å². The van der Waals surface area contributed by atoms with Crippen LogP contribution in [0.5, 0.6) is 0 Å². The Balaban J connectivity index is 1.56. The van der Waals surface area contributed by atoms with E-state index < -0.39 is 53.1 Å². The van der Waals surface area contributed by atoms with Crippen molar-refractivity contribution in [2.45, 2.75) is 116 Å². The summed E-state index contributed by atoms with van der Waals surface area (Å²) in [7, 11) is 8.52. The van der Waals surface area contributed by atoms with Crippen molar-refractivity contribution in [2.24, 2.45) is 17.8 Å². The molecule has 3 N–H and O–H groups in total. The molecular formula is C37H55BN6O6. The minimum absolute atomic E-state index is 0.218. The first kappa shape index (κ1) is 39.1. The van der Waals surface area contributed by atoms with E-state index in [4.69, 9.17) is 27.8 Å². The summed E-state index contributed by atoms with van der Waals surface area (Å²) in [4.78, 5) is 42.7. The largest absolute Gasteiger partial charge is 0.458 e. The van der Waals surface area contributed by atoms with E-state index in [9.17, 15) is 14.4 Å². The number of esters is 1. The first-order valence-corrected chi connectivity index (χ1v) is 17.9. The molecule has 0 saturated carbocycles. The number of fused-ring (bicyclic) bond motifs is 1. The molecule has 2 aliphatic heterocycles. The van der Waals surface area contributed by atoms with E-state index in [1.807, 2.05) is 70.3 Å². The number of methoxy groups -OCH3 is 1. The molecule has 2 aromatic rings. The van der Waals surface area contributed by atoms with E-state index in [0.29, 0.717) is 43.2 Å². The van der Waals surface area contributed by atoms with Crippen LogP contribution in [0, 0.1) is 17.8 Å². The van der Waals surface area contributed by atoms with Crippen molar-refractivity contribution in [1.29, 1.82) is 0 Å². The van der Waals surface area contributed by atoms with Crippen LogP contribution in [-0.4, -0.2) is 95.7 Å². The van der Waals surface area contributed by atoms with Gasteiger partial charge >= 0.3 is 12.1 Å². The van der Waals surface area contributed by atoms with Gasteiger partial charge in [0.05, 0.1) is 32.7 Å². The van der Waals surface area contributed by atoms with E-state index in [1.54, 1.807) is 30.5 Å². The van der Waals surface area contributed by atoms with Gasteiger partial charge in [0.15, 0.2) is 5.60 Å². The number of Topliss-reactive ketones (excluding diaryl/α,β-unsaturated/α-hetero) is 1. The van der Waals surface area contributed by atoms with Crippen LogP contribution in [-0.2, 0) is 30.3 Å². The molecule has 3 heterocycles. The van der Waals surface area contributed by atoms with Crippen LogP contribution in [0.1, 0.15) is 74.1 Å². The number of nitrogens with one attached hydrogen (secondary N) is 1. The van der Waals surface area contributed by atoms with Gasteiger partial charge in [-0.3, -0.25) is 14.5 Å². The number of aromatic nitrogens is 3. The molecular weight excluding hydrogens is 635 g/mol. The molecule has 2 saturated heterocycles. The number of nitrogens with two attached hydrogens (primary N) is 1. The highest BCUT2D eigenvalue weighted by Crippen LogP contribution is 2.45. The normalized spacial score (nSPS) is 32.5. The number of cyclic esters (lactones) is 1. The fourth-order valence-electron chi connectivity index (χ4n) is 7.43. The summed E-state index contributed by atoms with van der Waals surface area (Å²) in [6.45, 7) is 14.5. The fourth-order valence-corrected chi connectivity index (χ4v) is 7.43. The van der Waals surface area contributed by atoms with Gasteiger partial charge in [-0.25, -0.2) is 9.48 Å². The Morgan fingerprint density at radius 2 is 1.88 bits per heavy atom. The molecule has 1 aromatic carbocycles. The van der Waals surface area contributed by atoms with Crippen molar-refractivity contribution >= 4 is 31.4 Å². The minimum Gasteiger partial charge on any atom is -0.458 e. The number of nitrogens with zero attached hydrogens (tertiary/aromatic N) is 4. The van der Waals surface area contributed by atoms with Crippen LogP contribution in [0.3, 0.4) is 0 Å². The molecule has 1 aromatic heterocycles. The number of ether oxygens (including phenoxy) is 3. The number of carbonyl (C=O) groups is 3. The molecule has 2 fully saturated rings. The topological polar surface area (TPSA) is 151 Å². The lowest BCUT2D eigenvalue weighted by atomic mass is 9.53. The van der Waals surface area contributed by atoms with Gasteiger partial charge in [-0.15, -0.1) is 5.10 Å². The zero-order chi connectivity index (χ0) is 36.8. The van der Waals surface area contributed by atoms with Gasteiger partial charge in [0, 0.05) is 36.9 Å². The number of hydrogen-bond donors (Lipinski definition) is 2. The summed E-state index contributed by atoms with van der Waals surface area (Å²) in [5.74, 6) is -2.39. The minimum atomic E-state index is -1.20. The monoisotopic (exact) mass is 690 g/mol. The number of carbonyl (C=O) groups excluding carboxylic acids is 3. The highest BCUT2D eigenvalue weighted by atomic mass is 16.6. The molecule has 2 aliphatic rings. The van der Waals surface area contributed by atoms with Gasteiger partial charge < -0.3 is 25.3 Å². The number of nitrogen functional groups attached to an aromatic ring is 1. The van der Waals surface area contributed by atoms with E-state index in [0.717, 1.165) is 18.4 Å². The second-order valence-electron chi connectivity index (χ2n) is 14.4. The van der Waals surface area contributed by atoms with Gasteiger partial charge in [0.2, 0.25) is 0 Å². The molecule has 13 heteroatoms. The highest BCUT2D eigenvalue weighted by molar-refractivity contribution is 6.18. The highest BCUT2D eigenvalue weighted by Gasteiger charge is 2.58. The fraction of sp³-hybridized carbons (Fsp3) is 0.649. The lowest BCUT2D eigenvalue weighted by Crippen LogP contribution is -2.60. The Bertz CT molecular complexity index is 1520. The summed E-state index contributed by atoms with van der Waals surface area (Å²) in [6.07, 6.45) is 6.53. The average Bonchev–Trinajstić information content (AvgIpc) is 3.67. The number of hydrogen-bond acceptors (Lipinski definition) is 10. The van der Waals surface area contributed by atoms with Crippen molar-refractivity contribution in [3.63, 3.8) is 0 Å². The Morgan fingerprint density at radius 3 is 2.56 bits per heavy atom. The lowest BCUT2D eigenvalue weighted by Gasteiger charge is -2.42. The predicted octanol–water partition coefficient (Wildman–Crippen LogP) is 4.99. The maximum atomic E-state index is 13.8. The summed E-state index contributed by atoms with van der Waals surface area (Å²) in [5.41, 5.74) is 6.96. The summed E-state index contributed by atoms with van der Waals surface area (Å²) in [6, 6.07) is 6.76. The maximum absolute atomic E-state index is 13.8. The quantitative estimate of drug-likeness (QED) is 0.128. The van der Waals surface area contributed by atoms with E-state index in [1.165, 1.54) is 0 Å². The second kappa shape index (κ2) is 16.5. The summed E-state index contributed by atoms with van der Waals surface area (Å²) in [5, 5.41) is 11.2. The van der Waals surface area contributed by atoms with Gasteiger partial charge in [-0.05, 0) is 70.4 Å². The first-order valence-electron chi connectivity index (χ1n) is 17.9. The number of amides is 1. The van der Waals surface area contributed by atoms with Crippen molar-refractivity contribution in [3.05, 3.63) is 42.6 Å². The molecule has 1 unspecified atom stereocenters. The zero-order valence-electron chi connectivity index (χ0n) is 30.9. The number of anilines is 1. The van der Waals surface area contributed by atoms with Gasteiger partial charge in [-0.1, -0.05) is 63.1 Å². The van der Waals surface area contributed by atoms with Gasteiger partial charge in [-0.2, -0.15) is 0 Å². The van der Waals surface area contributed by atoms with Gasteiger partial charge in [0.25, 0.3) is 0 Å². The summed E-state index contributed by atoms with van der Waals surface area (Å²) < 4.78 is 19.6.